The Hall–Kier alpha value is -2.67. The number of nitrogens with one attached hydrogen (secondary N) is 2. The van der Waals surface area contributed by atoms with Gasteiger partial charge in [-0.2, -0.15) is 0 Å². The van der Waals surface area contributed by atoms with E-state index in [0.29, 0.717) is 17.5 Å². The van der Waals surface area contributed by atoms with Crippen molar-refractivity contribution in [1.29, 1.82) is 0 Å². The van der Waals surface area contributed by atoms with Gasteiger partial charge in [-0.3, -0.25) is 14.4 Å². The van der Waals surface area contributed by atoms with Crippen LogP contribution in [0.1, 0.15) is 90.0 Å². The zero-order valence-electron chi connectivity index (χ0n) is 23.5. The molecule has 2 saturated heterocycles. The topological polar surface area (TPSA) is 87.7 Å². The van der Waals surface area contributed by atoms with Gasteiger partial charge >= 0.3 is 0 Å². The second-order valence-corrected chi connectivity index (χ2v) is 13.0. The fraction of sp³-hybridized carbons (Fsp3) is 0.656. The summed E-state index contributed by atoms with van der Waals surface area (Å²) < 4.78 is 6.55. The van der Waals surface area contributed by atoms with Crippen LogP contribution in [0.15, 0.2) is 36.4 Å². The van der Waals surface area contributed by atoms with Gasteiger partial charge in [-0.05, 0) is 68.1 Å². The summed E-state index contributed by atoms with van der Waals surface area (Å²) in [5, 5.41) is 6.35. The zero-order valence-corrected chi connectivity index (χ0v) is 23.5. The van der Waals surface area contributed by atoms with Gasteiger partial charge in [0.05, 0.1) is 17.9 Å². The molecule has 3 aliphatic heterocycles. The lowest BCUT2D eigenvalue weighted by Crippen LogP contribution is -2.58. The molecule has 4 fully saturated rings. The monoisotopic (exact) mass is 533 g/mol. The quantitative estimate of drug-likeness (QED) is 0.508. The van der Waals surface area contributed by atoms with E-state index in [1.165, 1.54) is 12.0 Å². The molecule has 39 heavy (non-hydrogen) atoms. The lowest BCUT2D eigenvalue weighted by Gasteiger charge is -2.40. The number of carbonyl (C=O) groups is 3. The van der Waals surface area contributed by atoms with Crippen molar-refractivity contribution in [2.45, 2.75) is 114 Å². The molecule has 0 radical (unpaired) electrons. The van der Waals surface area contributed by atoms with Gasteiger partial charge in [-0.15, -0.1) is 0 Å². The van der Waals surface area contributed by atoms with E-state index in [4.69, 9.17) is 4.74 Å². The Labute approximate surface area is 232 Å². The molecule has 2 N–H and O–H groups in total. The van der Waals surface area contributed by atoms with E-state index >= 15 is 0 Å². The Morgan fingerprint density at radius 3 is 2.33 bits per heavy atom. The highest BCUT2D eigenvalue weighted by Gasteiger charge is 2.73. The number of carbonyl (C=O) groups excluding carboxylic acids is 3. The summed E-state index contributed by atoms with van der Waals surface area (Å²) in [7, 11) is 0. The molecule has 7 heteroatoms. The van der Waals surface area contributed by atoms with Crippen LogP contribution in [-0.2, 0) is 19.1 Å². The SMILES string of the molecule is CC1CCC(N2C(=O)[C@H]3C(C(=O)Nc4ccc(C(C)C)cc4)[C@H]4C=CC3(O4)C2C(=O)NC2CCCCC2)CC1. The van der Waals surface area contributed by atoms with Crippen molar-refractivity contribution in [1.82, 2.24) is 10.2 Å². The van der Waals surface area contributed by atoms with Gasteiger partial charge in [-0.1, -0.05) is 64.3 Å². The van der Waals surface area contributed by atoms with Crippen LogP contribution in [-0.4, -0.2) is 52.5 Å². The molecule has 3 heterocycles. The fourth-order valence-corrected chi connectivity index (χ4v) is 7.82. The van der Waals surface area contributed by atoms with Gasteiger partial charge in [0.15, 0.2) is 0 Å². The van der Waals surface area contributed by atoms with Gasteiger partial charge in [0.2, 0.25) is 17.7 Å². The third-order valence-electron chi connectivity index (χ3n) is 10.0. The second-order valence-electron chi connectivity index (χ2n) is 13.0. The lowest BCUT2D eigenvalue weighted by molar-refractivity contribution is -0.145. The predicted octanol–water partition coefficient (Wildman–Crippen LogP) is 4.93. The first-order valence-electron chi connectivity index (χ1n) is 15.2. The van der Waals surface area contributed by atoms with Crippen molar-refractivity contribution in [2.75, 3.05) is 5.32 Å². The summed E-state index contributed by atoms with van der Waals surface area (Å²) in [4.78, 5) is 43.9. The van der Waals surface area contributed by atoms with Crippen molar-refractivity contribution >= 4 is 23.4 Å². The molecule has 0 aromatic heterocycles. The molecule has 7 nitrogen and oxygen atoms in total. The highest BCUT2D eigenvalue weighted by molar-refractivity contribution is 6.03. The number of amides is 3. The van der Waals surface area contributed by atoms with Crippen molar-refractivity contribution < 1.29 is 19.1 Å². The summed E-state index contributed by atoms with van der Waals surface area (Å²) >= 11 is 0. The summed E-state index contributed by atoms with van der Waals surface area (Å²) in [5.41, 5.74) is 0.821. The van der Waals surface area contributed by atoms with Crippen LogP contribution in [0.3, 0.4) is 0 Å². The average molecular weight is 534 g/mol. The fourth-order valence-electron chi connectivity index (χ4n) is 7.82. The van der Waals surface area contributed by atoms with Crippen LogP contribution in [0.4, 0.5) is 5.69 Å². The van der Waals surface area contributed by atoms with Crippen LogP contribution in [0.2, 0.25) is 0 Å². The normalized spacial score (nSPS) is 35.9. The van der Waals surface area contributed by atoms with Gasteiger partial charge in [0, 0.05) is 17.8 Å². The third-order valence-corrected chi connectivity index (χ3v) is 10.0. The Bertz CT molecular complexity index is 1130. The molecule has 2 saturated carbocycles. The first-order valence-corrected chi connectivity index (χ1v) is 15.2. The number of rotatable bonds is 6. The molecule has 210 valence electrons. The molecular formula is C32H43N3O4. The molecule has 5 atom stereocenters. The first-order chi connectivity index (χ1) is 18.8. The highest BCUT2D eigenvalue weighted by Crippen LogP contribution is 2.56. The summed E-state index contributed by atoms with van der Waals surface area (Å²) in [6.45, 7) is 6.53. The van der Waals surface area contributed by atoms with Crippen LogP contribution in [0.5, 0.6) is 0 Å². The van der Waals surface area contributed by atoms with Crippen molar-refractivity contribution in [2.24, 2.45) is 17.8 Å². The molecule has 1 aromatic carbocycles. The van der Waals surface area contributed by atoms with E-state index in [9.17, 15) is 14.4 Å². The maximum Gasteiger partial charge on any atom is 0.246 e. The van der Waals surface area contributed by atoms with Crippen molar-refractivity contribution in [3.8, 4) is 0 Å². The van der Waals surface area contributed by atoms with E-state index in [1.807, 2.05) is 41.3 Å². The Morgan fingerprint density at radius 1 is 0.974 bits per heavy atom. The van der Waals surface area contributed by atoms with E-state index in [2.05, 4.69) is 31.4 Å². The number of anilines is 1. The molecule has 3 amide bonds. The van der Waals surface area contributed by atoms with E-state index in [1.54, 1.807) is 0 Å². The average Bonchev–Trinajstić information content (AvgIpc) is 3.57. The Balaban J connectivity index is 1.29. The molecule has 1 spiro atoms. The summed E-state index contributed by atoms with van der Waals surface area (Å²) in [6, 6.07) is 7.28. The van der Waals surface area contributed by atoms with Gasteiger partial charge < -0.3 is 20.3 Å². The summed E-state index contributed by atoms with van der Waals surface area (Å²) in [6.07, 6.45) is 12.6. The maximum absolute atomic E-state index is 14.3. The Kier molecular flexibility index (Phi) is 7.07. The number of hydrogen-bond donors (Lipinski definition) is 2. The minimum absolute atomic E-state index is 0.000815. The van der Waals surface area contributed by atoms with Gasteiger partial charge in [-0.25, -0.2) is 0 Å². The first kappa shape index (κ1) is 26.5. The third kappa shape index (κ3) is 4.60. The van der Waals surface area contributed by atoms with E-state index in [-0.39, 0.29) is 29.8 Å². The van der Waals surface area contributed by atoms with Crippen LogP contribution in [0.25, 0.3) is 0 Å². The number of fused-ring (bicyclic) bond motifs is 1. The zero-order chi connectivity index (χ0) is 27.3. The predicted molar refractivity (Wildman–Crippen MR) is 150 cm³/mol. The van der Waals surface area contributed by atoms with Crippen LogP contribution < -0.4 is 10.6 Å². The second kappa shape index (κ2) is 10.4. The van der Waals surface area contributed by atoms with Crippen molar-refractivity contribution in [3.05, 3.63) is 42.0 Å². The smallest absolute Gasteiger partial charge is 0.246 e. The van der Waals surface area contributed by atoms with Crippen molar-refractivity contribution in [3.63, 3.8) is 0 Å². The number of likely N-dealkylation sites (tertiary alicyclic amines) is 1. The molecule has 1 aromatic rings. The molecule has 2 aliphatic carbocycles. The van der Waals surface area contributed by atoms with Crippen LogP contribution in [0, 0.1) is 17.8 Å². The standard InChI is InChI=1S/C32H43N3O4/c1-19(2)21-11-13-23(14-12-21)33-29(36)26-25-17-18-32(39-25)27(26)31(38)35(24-15-9-20(3)10-16-24)28(32)30(37)34-22-7-5-4-6-8-22/h11-14,17-20,22,24-28H,4-10,15-16H2,1-3H3,(H,33,36)(H,34,37)/t20?,24?,25-,26?,27-,28?,32?/m1/s1. The van der Waals surface area contributed by atoms with Crippen LogP contribution >= 0.6 is 0 Å². The minimum Gasteiger partial charge on any atom is -0.359 e. The molecule has 5 aliphatic rings. The molecule has 6 rings (SSSR count). The Morgan fingerprint density at radius 2 is 1.67 bits per heavy atom. The lowest BCUT2D eigenvalue weighted by atomic mass is 9.74. The number of hydrogen-bond acceptors (Lipinski definition) is 4. The largest absolute Gasteiger partial charge is 0.359 e. The highest BCUT2D eigenvalue weighted by atomic mass is 16.5. The van der Waals surface area contributed by atoms with Gasteiger partial charge in [0.25, 0.3) is 0 Å². The number of benzene rings is 1. The van der Waals surface area contributed by atoms with E-state index < -0.39 is 29.6 Å². The molecular weight excluding hydrogens is 490 g/mol. The minimum atomic E-state index is -1.09. The molecule has 2 bridgehead atoms. The van der Waals surface area contributed by atoms with Gasteiger partial charge in [0.1, 0.15) is 11.6 Å². The van der Waals surface area contributed by atoms with E-state index in [0.717, 1.165) is 51.4 Å². The number of ether oxygens (including phenoxy) is 1. The molecule has 3 unspecified atom stereocenters. The number of nitrogens with zero attached hydrogens (tertiary/aromatic N) is 1. The summed E-state index contributed by atoms with van der Waals surface area (Å²) in [5.74, 6) is -0.757. The maximum atomic E-state index is 14.3.